The molecule has 25 heavy (non-hydrogen) atoms. The zero-order valence-corrected chi connectivity index (χ0v) is 15.6. The van der Waals surface area contributed by atoms with Gasteiger partial charge in [0.25, 0.3) is 0 Å². The molecule has 0 saturated heterocycles. The summed E-state index contributed by atoms with van der Waals surface area (Å²) in [6, 6.07) is 8.79. The molecule has 1 aromatic carbocycles. The minimum atomic E-state index is -0.375. The largest absolute Gasteiger partial charge is 0.359 e. The third kappa shape index (κ3) is 5.05. The molecular weight excluding hydrogens is 319 g/mol. The Morgan fingerprint density at radius 1 is 1.28 bits per heavy atom. The number of hydrogen-bond acceptors (Lipinski definition) is 3. The first-order valence-corrected chi connectivity index (χ1v) is 8.48. The molecule has 2 N–H and O–H groups in total. The number of aromatic nitrogens is 1. The van der Waals surface area contributed by atoms with Crippen LogP contribution in [0.15, 0.2) is 39.8 Å². The Morgan fingerprint density at radius 2 is 2.00 bits per heavy atom. The second-order valence-electron chi connectivity index (χ2n) is 7.02. The van der Waals surface area contributed by atoms with Crippen molar-refractivity contribution in [3.05, 3.63) is 53.2 Å². The topological polar surface area (TPSA) is 62.5 Å². The average molecular weight is 346 g/mol. The summed E-state index contributed by atoms with van der Waals surface area (Å²) < 4.78 is 19.3. The van der Waals surface area contributed by atoms with Crippen molar-refractivity contribution in [3.8, 4) is 0 Å². The van der Waals surface area contributed by atoms with Gasteiger partial charge in [-0.25, -0.2) is 4.39 Å². The summed E-state index contributed by atoms with van der Waals surface area (Å²) in [7, 11) is 1.70. The lowest BCUT2D eigenvalue weighted by Gasteiger charge is -2.27. The molecule has 1 aromatic heterocycles. The van der Waals surface area contributed by atoms with Crippen LogP contribution in [0, 0.1) is 5.82 Å². The number of rotatable bonds is 6. The van der Waals surface area contributed by atoms with Crippen LogP contribution in [-0.4, -0.2) is 24.7 Å². The van der Waals surface area contributed by atoms with E-state index in [0.717, 1.165) is 11.5 Å². The summed E-state index contributed by atoms with van der Waals surface area (Å²) in [6.07, 6.45) is 0. The van der Waals surface area contributed by atoms with Crippen LogP contribution in [0.25, 0.3) is 0 Å². The molecule has 0 aliphatic carbocycles. The van der Waals surface area contributed by atoms with Gasteiger partial charge in [0, 0.05) is 25.1 Å². The molecule has 0 fully saturated rings. The maximum atomic E-state index is 14.0. The predicted molar refractivity (Wildman–Crippen MR) is 98.2 cm³/mol. The maximum absolute atomic E-state index is 14.0. The van der Waals surface area contributed by atoms with Crippen LogP contribution < -0.4 is 10.6 Å². The lowest BCUT2D eigenvalue weighted by molar-refractivity contribution is 0.371. The first kappa shape index (κ1) is 19.0. The molecule has 2 rings (SSSR count). The molecule has 0 aliphatic heterocycles. The van der Waals surface area contributed by atoms with Gasteiger partial charge in [-0.3, -0.25) is 4.99 Å². The van der Waals surface area contributed by atoms with E-state index in [1.54, 1.807) is 13.1 Å². The van der Waals surface area contributed by atoms with Crippen molar-refractivity contribution in [1.29, 1.82) is 0 Å². The quantitative estimate of drug-likeness (QED) is 0.620. The number of nitrogens with zero attached hydrogens (tertiary/aromatic N) is 2. The van der Waals surface area contributed by atoms with Crippen molar-refractivity contribution in [2.24, 2.45) is 4.99 Å². The van der Waals surface area contributed by atoms with Crippen molar-refractivity contribution < 1.29 is 8.91 Å². The number of nitrogens with one attached hydrogen (secondary N) is 2. The normalized spacial score (nSPS) is 12.5. The standard InChI is InChI=1S/C19H27FN4O/c1-13(2)17-10-14(25-24-17)11-22-18(21-5)23-12-19(3,4)15-8-6-7-9-16(15)20/h6-10,13H,11-12H2,1-5H3,(H2,21,22,23). The van der Waals surface area contributed by atoms with Crippen LogP contribution in [0.3, 0.4) is 0 Å². The molecule has 0 radical (unpaired) electrons. The first-order valence-electron chi connectivity index (χ1n) is 8.48. The van der Waals surface area contributed by atoms with E-state index >= 15 is 0 Å². The number of aliphatic imine (C=N–C) groups is 1. The Balaban J connectivity index is 1.92. The number of benzene rings is 1. The van der Waals surface area contributed by atoms with Crippen LogP contribution in [0.4, 0.5) is 4.39 Å². The monoisotopic (exact) mass is 346 g/mol. The van der Waals surface area contributed by atoms with Gasteiger partial charge in [0.05, 0.1) is 12.2 Å². The third-order valence-corrected chi connectivity index (χ3v) is 4.12. The molecule has 0 unspecified atom stereocenters. The fourth-order valence-electron chi connectivity index (χ4n) is 2.49. The minimum Gasteiger partial charge on any atom is -0.359 e. The van der Waals surface area contributed by atoms with Gasteiger partial charge < -0.3 is 15.2 Å². The Morgan fingerprint density at radius 3 is 2.60 bits per heavy atom. The smallest absolute Gasteiger partial charge is 0.191 e. The second-order valence-corrected chi connectivity index (χ2v) is 7.02. The Hall–Kier alpha value is -2.37. The number of halogens is 1. The molecule has 2 aromatic rings. The summed E-state index contributed by atoms with van der Waals surface area (Å²) in [5.74, 6) is 1.52. The first-order chi connectivity index (χ1) is 11.8. The zero-order valence-electron chi connectivity index (χ0n) is 15.6. The molecule has 0 amide bonds. The van der Waals surface area contributed by atoms with Crippen molar-refractivity contribution in [2.75, 3.05) is 13.6 Å². The number of guanidine groups is 1. The molecule has 0 bridgehead atoms. The average Bonchev–Trinajstić information content (AvgIpc) is 3.04. The minimum absolute atomic E-state index is 0.194. The highest BCUT2D eigenvalue weighted by atomic mass is 19.1. The second kappa shape index (κ2) is 8.14. The Kier molecular flexibility index (Phi) is 6.17. The third-order valence-electron chi connectivity index (χ3n) is 4.12. The molecule has 136 valence electrons. The van der Waals surface area contributed by atoms with E-state index in [0.29, 0.717) is 30.5 Å². The van der Waals surface area contributed by atoms with Crippen molar-refractivity contribution in [1.82, 2.24) is 15.8 Å². The van der Waals surface area contributed by atoms with Crippen LogP contribution >= 0.6 is 0 Å². The molecular formula is C19H27FN4O. The molecule has 0 atom stereocenters. The van der Waals surface area contributed by atoms with Gasteiger partial charge in [-0.15, -0.1) is 0 Å². The molecule has 5 nitrogen and oxygen atoms in total. The van der Waals surface area contributed by atoms with Gasteiger partial charge in [-0.2, -0.15) is 0 Å². The van der Waals surface area contributed by atoms with Gasteiger partial charge in [0.2, 0.25) is 0 Å². The van der Waals surface area contributed by atoms with E-state index in [9.17, 15) is 4.39 Å². The summed E-state index contributed by atoms with van der Waals surface area (Å²) in [4.78, 5) is 4.20. The Labute approximate surface area is 148 Å². The lowest BCUT2D eigenvalue weighted by atomic mass is 9.84. The summed E-state index contributed by atoms with van der Waals surface area (Å²) in [5.41, 5.74) is 1.23. The van der Waals surface area contributed by atoms with Gasteiger partial charge in [-0.05, 0) is 17.5 Å². The highest BCUT2D eigenvalue weighted by molar-refractivity contribution is 5.79. The van der Waals surface area contributed by atoms with Crippen molar-refractivity contribution in [3.63, 3.8) is 0 Å². The molecule has 0 saturated carbocycles. The van der Waals surface area contributed by atoms with Crippen LogP contribution in [0.2, 0.25) is 0 Å². The highest BCUT2D eigenvalue weighted by Crippen LogP contribution is 2.24. The molecule has 0 spiro atoms. The summed E-state index contributed by atoms with van der Waals surface area (Å²) >= 11 is 0. The highest BCUT2D eigenvalue weighted by Gasteiger charge is 2.24. The zero-order chi connectivity index (χ0) is 18.4. The van der Waals surface area contributed by atoms with E-state index in [-0.39, 0.29) is 11.2 Å². The van der Waals surface area contributed by atoms with Crippen LogP contribution in [0.5, 0.6) is 0 Å². The lowest BCUT2D eigenvalue weighted by Crippen LogP contribution is -2.43. The predicted octanol–water partition coefficient (Wildman–Crippen LogP) is 3.58. The molecule has 6 heteroatoms. The van der Waals surface area contributed by atoms with E-state index in [2.05, 4.69) is 34.6 Å². The van der Waals surface area contributed by atoms with Gasteiger partial charge >= 0.3 is 0 Å². The SMILES string of the molecule is CN=C(NCc1cc(C(C)C)no1)NCC(C)(C)c1ccccc1F. The van der Waals surface area contributed by atoms with E-state index < -0.39 is 0 Å². The van der Waals surface area contributed by atoms with E-state index in [1.807, 2.05) is 32.0 Å². The van der Waals surface area contributed by atoms with Gasteiger partial charge in [0.1, 0.15) is 5.82 Å². The Bertz CT molecular complexity index is 722. The molecule has 0 aliphatic rings. The van der Waals surface area contributed by atoms with Crippen LogP contribution in [0.1, 0.15) is 50.6 Å². The van der Waals surface area contributed by atoms with E-state index in [4.69, 9.17) is 4.52 Å². The summed E-state index contributed by atoms with van der Waals surface area (Å²) in [5, 5.41) is 10.5. The van der Waals surface area contributed by atoms with Gasteiger partial charge in [0.15, 0.2) is 11.7 Å². The fourth-order valence-corrected chi connectivity index (χ4v) is 2.49. The van der Waals surface area contributed by atoms with Crippen LogP contribution in [-0.2, 0) is 12.0 Å². The fraction of sp³-hybridized carbons (Fsp3) is 0.474. The van der Waals surface area contributed by atoms with Crippen molar-refractivity contribution in [2.45, 2.75) is 45.6 Å². The molecule has 1 heterocycles. The van der Waals surface area contributed by atoms with Gasteiger partial charge in [-0.1, -0.05) is 51.1 Å². The maximum Gasteiger partial charge on any atom is 0.191 e. The van der Waals surface area contributed by atoms with E-state index in [1.165, 1.54) is 6.07 Å². The summed E-state index contributed by atoms with van der Waals surface area (Å²) in [6.45, 7) is 9.16. The number of hydrogen-bond donors (Lipinski definition) is 2. The van der Waals surface area contributed by atoms with Crippen molar-refractivity contribution >= 4 is 5.96 Å².